The standard InChI is InChI=1S/C24H23N9O7S4.ClH/c1-9-30-32-24(44-9)43-7-11-6-41-20-16(19(37)33(20)17(11)21(38)39)28-18(36)15(12-8-42-22(25)27-12)29-23(40)31-26-5-10-2-3-13(34)14(35)4-10;/h2-5,8,15-16,20,34-35H,6-7H2,1H3,(H2,25,27)(H,28,36)(H,38,39)(H2,29,31,40);1H/b26-5+;/t15?,16?,20-;/m1./s1. The zero-order chi connectivity index (χ0) is 31.5. The lowest BCUT2D eigenvalue weighted by molar-refractivity contribution is -0.151. The van der Waals surface area contributed by atoms with Crippen LogP contribution < -0.4 is 21.8 Å². The Morgan fingerprint density at radius 1 is 1.27 bits per heavy atom. The topological polar surface area (TPSA) is 245 Å². The second-order valence-corrected chi connectivity index (χ2v) is 13.6. The molecule has 0 spiro atoms. The minimum Gasteiger partial charge on any atom is -0.504 e. The Kier molecular flexibility index (Phi) is 10.8. The molecule has 1 aromatic carbocycles. The second-order valence-electron chi connectivity index (χ2n) is 9.16. The third-order valence-corrected chi connectivity index (χ3v) is 10.3. The molecule has 5 rings (SSSR count). The van der Waals surface area contributed by atoms with Crippen LogP contribution in [0.15, 0.2) is 44.3 Å². The van der Waals surface area contributed by atoms with Gasteiger partial charge >= 0.3 is 12.0 Å². The number of thioether (sulfide) groups is 2. The van der Waals surface area contributed by atoms with Gasteiger partial charge in [0.2, 0.25) is 5.91 Å². The molecular weight excluding hydrogens is 690 g/mol. The summed E-state index contributed by atoms with van der Waals surface area (Å²) in [6.07, 6.45) is 1.20. The van der Waals surface area contributed by atoms with Gasteiger partial charge in [0, 0.05) is 16.9 Å². The summed E-state index contributed by atoms with van der Waals surface area (Å²) in [6.45, 7) is 1.81. The normalized spacial score (nSPS) is 18.1. The van der Waals surface area contributed by atoms with E-state index in [1.807, 2.05) is 6.92 Å². The largest absolute Gasteiger partial charge is 0.504 e. The molecule has 8 N–H and O–H groups in total. The number of thiazole rings is 1. The molecule has 3 atom stereocenters. The first kappa shape index (κ1) is 33.8. The van der Waals surface area contributed by atoms with Crippen LogP contribution in [-0.2, 0) is 14.4 Å². The second kappa shape index (κ2) is 14.3. The number of carbonyl (C=O) groups is 4. The van der Waals surface area contributed by atoms with Crippen LogP contribution >= 0.6 is 58.6 Å². The number of carboxylic acid groups (broad SMARTS) is 1. The van der Waals surface area contributed by atoms with Crippen molar-refractivity contribution in [3.8, 4) is 11.5 Å². The predicted molar refractivity (Wildman–Crippen MR) is 171 cm³/mol. The van der Waals surface area contributed by atoms with Gasteiger partial charge in [-0.05, 0) is 36.3 Å². The van der Waals surface area contributed by atoms with E-state index < -0.39 is 41.3 Å². The minimum absolute atomic E-state index is 0. The number of phenols is 2. The Balaban J connectivity index is 0.00000461. The summed E-state index contributed by atoms with van der Waals surface area (Å²) in [4.78, 5) is 56.6. The summed E-state index contributed by atoms with van der Waals surface area (Å²) < 4.78 is 0.683. The van der Waals surface area contributed by atoms with Crippen molar-refractivity contribution < 1.29 is 34.5 Å². The highest BCUT2D eigenvalue weighted by Gasteiger charge is 2.54. The Hall–Kier alpha value is -4.11. The number of aromatic hydroxyl groups is 2. The molecule has 1 saturated heterocycles. The molecule has 0 aliphatic carbocycles. The van der Waals surface area contributed by atoms with E-state index in [9.17, 15) is 34.5 Å². The van der Waals surface area contributed by atoms with Crippen LogP contribution in [0.4, 0.5) is 9.93 Å². The average Bonchev–Trinajstić information content (AvgIpc) is 3.61. The number of nitrogens with two attached hydrogens (primary N) is 1. The fourth-order valence-corrected chi connectivity index (χ4v) is 8.06. The van der Waals surface area contributed by atoms with Crippen molar-refractivity contribution in [1.29, 1.82) is 0 Å². The third kappa shape index (κ3) is 7.59. The molecule has 0 saturated carbocycles. The highest BCUT2D eigenvalue weighted by Crippen LogP contribution is 2.42. The maximum absolute atomic E-state index is 13.4. The summed E-state index contributed by atoms with van der Waals surface area (Å²) >= 11 is 5.07. The predicted octanol–water partition coefficient (Wildman–Crippen LogP) is 1.62. The van der Waals surface area contributed by atoms with E-state index in [0.717, 1.165) is 21.2 Å². The number of rotatable bonds is 10. The number of urea groups is 1. The zero-order valence-electron chi connectivity index (χ0n) is 22.9. The van der Waals surface area contributed by atoms with Crippen molar-refractivity contribution in [3.05, 3.63) is 51.1 Å². The van der Waals surface area contributed by atoms with Crippen LogP contribution in [-0.4, -0.2) is 88.4 Å². The number of nitrogens with one attached hydrogen (secondary N) is 3. The molecule has 0 radical (unpaired) electrons. The Bertz CT molecular complexity index is 1700. The molecule has 16 nitrogen and oxygen atoms in total. The van der Waals surface area contributed by atoms with Gasteiger partial charge in [0.15, 0.2) is 27.0 Å². The molecule has 2 unspecified atom stereocenters. The molecule has 2 aromatic heterocycles. The van der Waals surface area contributed by atoms with Gasteiger partial charge in [-0.15, -0.1) is 45.7 Å². The number of nitrogens with zero attached hydrogens (tertiary/aromatic N) is 5. The van der Waals surface area contributed by atoms with Crippen LogP contribution in [0, 0.1) is 6.92 Å². The van der Waals surface area contributed by atoms with E-state index >= 15 is 0 Å². The molecular formula is C24H24ClN9O7S4. The average molecular weight is 714 g/mol. The molecule has 238 valence electrons. The number of fused-ring (bicyclic) bond motifs is 1. The molecule has 3 aromatic rings. The number of aromatic nitrogens is 3. The van der Waals surface area contributed by atoms with Crippen LogP contribution in [0.25, 0.3) is 0 Å². The molecule has 4 heterocycles. The first-order chi connectivity index (χ1) is 21.0. The Morgan fingerprint density at radius 3 is 2.69 bits per heavy atom. The third-order valence-electron chi connectivity index (χ3n) is 6.18. The lowest BCUT2D eigenvalue weighted by Crippen LogP contribution is -2.71. The van der Waals surface area contributed by atoms with Crippen molar-refractivity contribution >= 4 is 93.8 Å². The number of hydrogen-bond acceptors (Lipinski definition) is 15. The van der Waals surface area contributed by atoms with E-state index in [0.29, 0.717) is 27.0 Å². The van der Waals surface area contributed by atoms with Gasteiger partial charge in [0.1, 0.15) is 22.1 Å². The first-order valence-electron chi connectivity index (χ1n) is 12.5. The number of carbonyl (C=O) groups excluding carboxylic acids is 3. The summed E-state index contributed by atoms with van der Waals surface area (Å²) in [5.41, 5.74) is 8.83. The highest BCUT2D eigenvalue weighted by atomic mass is 35.5. The number of carboxylic acids is 1. The first-order valence-corrected chi connectivity index (χ1v) is 16.2. The number of amides is 4. The maximum atomic E-state index is 13.4. The van der Waals surface area contributed by atoms with Crippen LogP contribution in [0.3, 0.4) is 0 Å². The summed E-state index contributed by atoms with van der Waals surface area (Å²) in [5, 5.41) is 47.5. The lowest BCUT2D eigenvalue weighted by Gasteiger charge is -2.49. The van der Waals surface area contributed by atoms with Crippen molar-refractivity contribution in [3.63, 3.8) is 0 Å². The van der Waals surface area contributed by atoms with Gasteiger partial charge in [-0.25, -0.2) is 20.0 Å². The maximum Gasteiger partial charge on any atom is 0.352 e. The zero-order valence-corrected chi connectivity index (χ0v) is 26.9. The molecule has 1 fully saturated rings. The smallest absolute Gasteiger partial charge is 0.352 e. The molecule has 21 heteroatoms. The number of hydrogen-bond donors (Lipinski definition) is 7. The summed E-state index contributed by atoms with van der Waals surface area (Å²) in [5.74, 6) is -2.71. The van der Waals surface area contributed by atoms with Crippen LogP contribution in [0.2, 0.25) is 0 Å². The van der Waals surface area contributed by atoms with Crippen molar-refractivity contribution in [2.24, 2.45) is 5.10 Å². The van der Waals surface area contributed by atoms with Gasteiger partial charge in [-0.3, -0.25) is 14.5 Å². The van der Waals surface area contributed by atoms with Gasteiger partial charge in [0.05, 0.1) is 11.9 Å². The van der Waals surface area contributed by atoms with Crippen molar-refractivity contribution in [1.82, 2.24) is 36.1 Å². The SMILES string of the molecule is Cc1nnc(SCC2=C(C(=O)O)N3C(=O)C(NC(=O)C(NC(=O)N/N=C/c4ccc(O)c(O)c4)c4csc(N)n4)[C@H]3SC2)s1.Cl. The molecule has 2 aliphatic heterocycles. The Morgan fingerprint density at radius 2 is 2.04 bits per heavy atom. The van der Waals surface area contributed by atoms with Crippen molar-refractivity contribution in [2.75, 3.05) is 17.2 Å². The quantitative estimate of drug-likeness (QED) is 0.0520. The number of phenolic OH excluding ortho intramolecular Hbond substituents is 2. The van der Waals surface area contributed by atoms with Gasteiger partial charge in [0.25, 0.3) is 5.91 Å². The number of hydrazone groups is 1. The number of aliphatic carboxylic acids is 1. The molecule has 4 amide bonds. The number of nitrogen functional groups attached to an aromatic ring is 1. The Labute approximate surface area is 277 Å². The molecule has 2 aliphatic rings. The van der Waals surface area contributed by atoms with E-state index in [1.54, 1.807) is 0 Å². The molecule has 45 heavy (non-hydrogen) atoms. The summed E-state index contributed by atoms with van der Waals surface area (Å²) in [6, 6.07) is 0.595. The van der Waals surface area contributed by atoms with E-state index in [-0.39, 0.29) is 40.4 Å². The van der Waals surface area contributed by atoms with Gasteiger partial charge in [-0.2, -0.15) is 5.10 Å². The van der Waals surface area contributed by atoms with Crippen molar-refractivity contribution in [2.45, 2.75) is 28.7 Å². The highest BCUT2D eigenvalue weighted by molar-refractivity contribution is 8.01. The number of halogens is 1. The summed E-state index contributed by atoms with van der Waals surface area (Å²) in [7, 11) is 0. The number of anilines is 1. The van der Waals surface area contributed by atoms with E-state index in [1.165, 1.54) is 64.7 Å². The monoisotopic (exact) mass is 713 g/mol. The van der Waals surface area contributed by atoms with E-state index in [4.69, 9.17) is 5.73 Å². The number of β-lactam (4-membered cyclic amide) rings is 1. The van der Waals surface area contributed by atoms with Crippen LogP contribution in [0.5, 0.6) is 11.5 Å². The number of aryl methyl sites for hydroxylation is 1. The number of benzene rings is 1. The molecule has 0 bridgehead atoms. The fourth-order valence-electron chi connectivity index (χ4n) is 4.17. The fraction of sp³-hybridized carbons (Fsp3) is 0.250. The van der Waals surface area contributed by atoms with Crippen LogP contribution in [0.1, 0.15) is 22.3 Å². The van der Waals surface area contributed by atoms with Gasteiger partial charge in [-0.1, -0.05) is 23.1 Å². The lowest BCUT2D eigenvalue weighted by atomic mass is 10.0. The minimum atomic E-state index is -1.37. The van der Waals surface area contributed by atoms with Gasteiger partial charge < -0.3 is 31.7 Å². The van der Waals surface area contributed by atoms with E-state index in [2.05, 4.69) is 36.3 Å².